The fraction of sp³-hybridized carbons (Fsp3) is 0.417. The summed E-state index contributed by atoms with van der Waals surface area (Å²) in [5.74, 6) is -0.583. The number of halogens is 1. The Labute approximate surface area is 105 Å². The number of methoxy groups -OCH3 is 1. The lowest BCUT2D eigenvalue weighted by Crippen LogP contribution is -2.23. The van der Waals surface area contributed by atoms with Crippen molar-refractivity contribution in [3.63, 3.8) is 0 Å². The molecule has 0 spiro atoms. The average molecular weight is 259 g/mol. The van der Waals surface area contributed by atoms with Gasteiger partial charge in [-0.3, -0.25) is 4.79 Å². The third kappa shape index (κ3) is 3.43. The fourth-order valence-electron chi connectivity index (χ4n) is 1.47. The van der Waals surface area contributed by atoms with Gasteiger partial charge in [0.25, 0.3) is 0 Å². The summed E-state index contributed by atoms with van der Waals surface area (Å²) in [7, 11) is 1.22. The van der Waals surface area contributed by atoms with E-state index in [0.29, 0.717) is 10.6 Å². The van der Waals surface area contributed by atoms with Crippen LogP contribution in [-0.2, 0) is 9.53 Å². The molecule has 94 valence electrons. The maximum atomic E-state index is 11.0. The topological polar surface area (TPSA) is 66.8 Å². The molecule has 0 radical (unpaired) electrons. The van der Waals surface area contributed by atoms with Crippen LogP contribution in [-0.4, -0.2) is 29.4 Å². The number of ether oxygens (including phenoxy) is 1. The van der Waals surface area contributed by atoms with Gasteiger partial charge in [0.2, 0.25) is 0 Å². The van der Waals surface area contributed by atoms with E-state index in [9.17, 15) is 15.0 Å². The van der Waals surface area contributed by atoms with Crippen molar-refractivity contribution in [3.05, 3.63) is 34.3 Å². The second-order valence-electron chi connectivity index (χ2n) is 3.77. The lowest BCUT2D eigenvalue weighted by Gasteiger charge is -2.19. The summed E-state index contributed by atoms with van der Waals surface area (Å²) in [6.45, 7) is 1.80. The van der Waals surface area contributed by atoms with Gasteiger partial charge >= 0.3 is 5.97 Å². The first-order chi connectivity index (χ1) is 7.97. The van der Waals surface area contributed by atoms with Gasteiger partial charge in [-0.05, 0) is 12.5 Å². The number of esters is 1. The van der Waals surface area contributed by atoms with Crippen molar-refractivity contribution >= 4 is 17.6 Å². The van der Waals surface area contributed by atoms with E-state index < -0.39 is 18.2 Å². The Kier molecular flexibility index (Phi) is 4.93. The molecule has 0 bridgehead atoms. The zero-order valence-electron chi connectivity index (χ0n) is 9.68. The minimum atomic E-state index is -1.23. The molecule has 0 aliphatic heterocycles. The summed E-state index contributed by atoms with van der Waals surface area (Å²) < 4.78 is 4.42. The van der Waals surface area contributed by atoms with Gasteiger partial charge in [0.15, 0.2) is 0 Å². The lowest BCUT2D eigenvalue weighted by molar-refractivity contribution is -0.144. The zero-order chi connectivity index (χ0) is 13.0. The van der Waals surface area contributed by atoms with Gasteiger partial charge in [0.05, 0.1) is 19.6 Å². The third-order valence-corrected chi connectivity index (χ3v) is 3.02. The van der Waals surface area contributed by atoms with Crippen molar-refractivity contribution in [2.45, 2.75) is 25.6 Å². The minimum Gasteiger partial charge on any atom is -0.469 e. The Bertz CT molecular complexity index is 405. The standard InChI is InChI=1S/C12H15ClO4/c1-7-4-3-5-8(11(7)13)12(16)9(14)6-10(15)17-2/h3-5,9,12,14,16H,6H2,1-2H3. The summed E-state index contributed by atoms with van der Waals surface area (Å²) in [5.41, 5.74) is 1.21. The van der Waals surface area contributed by atoms with Crippen LogP contribution in [0.4, 0.5) is 0 Å². The summed E-state index contributed by atoms with van der Waals surface area (Å²) in [5, 5.41) is 20.0. The number of carbonyl (C=O) groups excluding carboxylic acids is 1. The highest BCUT2D eigenvalue weighted by molar-refractivity contribution is 6.32. The number of carbonyl (C=O) groups is 1. The first-order valence-corrected chi connectivity index (χ1v) is 5.53. The summed E-state index contributed by atoms with van der Waals surface area (Å²) in [4.78, 5) is 11.0. The van der Waals surface area contributed by atoms with Crippen LogP contribution in [0.15, 0.2) is 18.2 Å². The molecular formula is C12H15ClO4. The van der Waals surface area contributed by atoms with Crippen LogP contribution in [0.2, 0.25) is 5.02 Å². The molecule has 1 aromatic rings. The highest BCUT2D eigenvalue weighted by Crippen LogP contribution is 2.28. The number of hydrogen-bond acceptors (Lipinski definition) is 4. The zero-order valence-corrected chi connectivity index (χ0v) is 10.4. The van der Waals surface area contributed by atoms with E-state index in [2.05, 4.69) is 4.74 Å². The Morgan fingerprint density at radius 2 is 2.12 bits per heavy atom. The van der Waals surface area contributed by atoms with Crippen LogP contribution in [0.25, 0.3) is 0 Å². The Morgan fingerprint density at radius 1 is 1.47 bits per heavy atom. The van der Waals surface area contributed by atoms with E-state index in [1.54, 1.807) is 25.1 Å². The molecule has 17 heavy (non-hydrogen) atoms. The van der Waals surface area contributed by atoms with Gasteiger partial charge in [0.1, 0.15) is 6.10 Å². The average Bonchev–Trinajstić information content (AvgIpc) is 2.31. The molecule has 2 unspecified atom stereocenters. The van der Waals surface area contributed by atoms with Gasteiger partial charge in [0, 0.05) is 10.6 Å². The van der Waals surface area contributed by atoms with Crippen LogP contribution in [0.1, 0.15) is 23.7 Å². The van der Waals surface area contributed by atoms with E-state index in [4.69, 9.17) is 11.6 Å². The van der Waals surface area contributed by atoms with Crippen molar-refractivity contribution in [2.75, 3.05) is 7.11 Å². The van der Waals surface area contributed by atoms with Crippen molar-refractivity contribution in [2.24, 2.45) is 0 Å². The third-order valence-electron chi connectivity index (χ3n) is 2.51. The first-order valence-electron chi connectivity index (χ1n) is 5.15. The van der Waals surface area contributed by atoms with Gasteiger partial charge < -0.3 is 14.9 Å². The van der Waals surface area contributed by atoms with Gasteiger partial charge in [-0.2, -0.15) is 0 Å². The molecule has 0 aromatic heterocycles. The Hall–Kier alpha value is -1.10. The molecule has 0 saturated heterocycles. The molecule has 0 aliphatic carbocycles. The quantitative estimate of drug-likeness (QED) is 0.805. The number of aliphatic hydroxyl groups is 2. The summed E-state index contributed by atoms with van der Waals surface area (Å²) in [6, 6.07) is 5.14. The molecule has 4 nitrogen and oxygen atoms in total. The van der Waals surface area contributed by atoms with Crippen molar-refractivity contribution in [1.29, 1.82) is 0 Å². The smallest absolute Gasteiger partial charge is 0.308 e. The summed E-state index contributed by atoms with van der Waals surface area (Å²) >= 11 is 6.02. The van der Waals surface area contributed by atoms with Gasteiger partial charge in [-0.25, -0.2) is 0 Å². The van der Waals surface area contributed by atoms with Crippen LogP contribution in [0.3, 0.4) is 0 Å². The van der Waals surface area contributed by atoms with E-state index in [-0.39, 0.29) is 6.42 Å². The molecule has 2 N–H and O–H groups in total. The summed E-state index contributed by atoms with van der Waals surface area (Å²) in [6.07, 6.45) is -2.72. The number of benzene rings is 1. The molecule has 0 amide bonds. The van der Waals surface area contributed by atoms with Crippen molar-refractivity contribution in [3.8, 4) is 0 Å². The van der Waals surface area contributed by atoms with E-state index in [0.717, 1.165) is 5.56 Å². The number of aliphatic hydroxyl groups excluding tert-OH is 2. The molecule has 0 fully saturated rings. The Morgan fingerprint density at radius 3 is 2.71 bits per heavy atom. The maximum absolute atomic E-state index is 11.0. The minimum absolute atomic E-state index is 0.276. The normalized spacial score (nSPS) is 14.2. The van der Waals surface area contributed by atoms with Crippen molar-refractivity contribution < 1.29 is 19.7 Å². The van der Waals surface area contributed by atoms with Crippen LogP contribution < -0.4 is 0 Å². The number of rotatable bonds is 4. The molecule has 0 saturated carbocycles. The largest absolute Gasteiger partial charge is 0.469 e. The first kappa shape index (κ1) is 14.0. The fourth-order valence-corrected chi connectivity index (χ4v) is 1.71. The number of hydrogen-bond donors (Lipinski definition) is 2. The van der Waals surface area contributed by atoms with Crippen molar-refractivity contribution in [1.82, 2.24) is 0 Å². The number of aryl methyl sites for hydroxylation is 1. The SMILES string of the molecule is COC(=O)CC(O)C(O)c1cccc(C)c1Cl. The lowest BCUT2D eigenvalue weighted by atomic mass is 10.0. The van der Waals surface area contributed by atoms with Gasteiger partial charge in [-0.1, -0.05) is 29.8 Å². The monoisotopic (exact) mass is 258 g/mol. The van der Waals surface area contributed by atoms with E-state index in [1.165, 1.54) is 7.11 Å². The molecular weight excluding hydrogens is 244 g/mol. The predicted octanol–water partition coefficient (Wildman–Crippen LogP) is 1.61. The molecule has 0 aliphatic rings. The highest BCUT2D eigenvalue weighted by atomic mass is 35.5. The second kappa shape index (κ2) is 6.00. The predicted molar refractivity (Wildman–Crippen MR) is 63.8 cm³/mol. The maximum Gasteiger partial charge on any atom is 0.308 e. The second-order valence-corrected chi connectivity index (χ2v) is 4.15. The van der Waals surface area contributed by atoms with Gasteiger partial charge in [-0.15, -0.1) is 0 Å². The molecule has 1 rings (SSSR count). The van der Waals surface area contributed by atoms with E-state index >= 15 is 0 Å². The molecule has 1 aromatic carbocycles. The molecule has 2 atom stereocenters. The van der Waals surface area contributed by atoms with Crippen LogP contribution in [0.5, 0.6) is 0 Å². The van der Waals surface area contributed by atoms with E-state index in [1.807, 2.05) is 0 Å². The van der Waals surface area contributed by atoms with Crippen LogP contribution in [0, 0.1) is 6.92 Å². The molecule has 5 heteroatoms. The Balaban J connectivity index is 2.85. The highest BCUT2D eigenvalue weighted by Gasteiger charge is 2.23. The molecule has 0 heterocycles. The van der Waals surface area contributed by atoms with Crippen LogP contribution >= 0.6 is 11.6 Å².